The quantitative estimate of drug-likeness (QED) is 0.412. The lowest BCUT2D eigenvalue weighted by Gasteiger charge is -2.24. The highest BCUT2D eigenvalue weighted by atomic mass is 16.2. The molecule has 2 amide bonds. The molecular formula is C12H17N3O2. The van der Waals surface area contributed by atoms with Crippen molar-refractivity contribution < 1.29 is 9.59 Å². The maximum Gasteiger partial charge on any atom is 0.229 e. The maximum atomic E-state index is 11.5. The molecule has 0 aromatic rings. The molecule has 1 heterocycles. The standard InChI is InChI=1S/C12H17N3O2/c1-3-10(9-14-13-2)7-8-15-11(16)5-4-6-12(15)17/h3,9H,2,4-8H2,1H3/b10-3-,14-9-. The molecule has 0 aliphatic carbocycles. The van der Waals surface area contributed by atoms with Crippen molar-refractivity contribution in [2.45, 2.75) is 32.6 Å². The SMILES string of the molecule is C=N/N=C\C(=C/C)CCN1C(=O)CCCC1=O. The molecule has 0 spiro atoms. The third-order valence-electron chi connectivity index (χ3n) is 2.68. The van der Waals surface area contributed by atoms with Crippen LogP contribution in [-0.4, -0.2) is 36.2 Å². The van der Waals surface area contributed by atoms with Crippen molar-refractivity contribution in [3.63, 3.8) is 0 Å². The van der Waals surface area contributed by atoms with Gasteiger partial charge in [-0.1, -0.05) is 6.08 Å². The van der Waals surface area contributed by atoms with Gasteiger partial charge in [-0.3, -0.25) is 14.5 Å². The van der Waals surface area contributed by atoms with E-state index in [9.17, 15) is 9.59 Å². The smallest absolute Gasteiger partial charge is 0.229 e. The van der Waals surface area contributed by atoms with E-state index in [-0.39, 0.29) is 11.8 Å². The summed E-state index contributed by atoms with van der Waals surface area (Å²) in [5.74, 6) is -0.147. The Balaban J connectivity index is 2.53. The second-order valence-corrected chi connectivity index (χ2v) is 3.79. The zero-order valence-electron chi connectivity index (χ0n) is 10.1. The molecule has 1 saturated heterocycles. The number of likely N-dealkylation sites (tertiary alicyclic amines) is 1. The highest BCUT2D eigenvalue weighted by molar-refractivity contribution is 5.97. The fourth-order valence-electron chi connectivity index (χ4n) is 1.69. The van der Waals surface area contributed by atoms with Crippen molar-refractivity contribution in [3.8, 4) is 0 Å². The van der Waals surface area contributed by atoms with Gasteiger partial charge in [-0.05, 0) is 25.3 Å². The molecule has 0 bridgehead atoms. The Hall–Kier alpha value is -1.78. The second kappa shape index (κ2) is 6.73. The van der Waals surface area contributed by atoms with Crippen LogP contribution in [0.1, 0.15) is 32.6 Å². The molecule has 1 fully saturated rings. The Kier molecular flexibility index (Phi) is 5.26. The van der Waals surface area contributed by atoms with Crippen LogP contribution < -0.4 is 0 Å². The van der Waals surface area contributed by atoms with Crippen LogP contribution in [0.3, 0.4) is 0 Å². The van der Waals surface area contributed by atoms with Crippen LogP contribution in [0.15, 0.2) is 21.9 Å². The van der Waals surface area contributed by atoms with E-state index in [4.69, 9.17) is 0 Å². The summed E-state index contributed by atoms with van der Waals surface area (Å²) >= 11 is 0. The van der Waals surface area contributed by atoms with Crippen molar-refractivity contribution in [2.75, 3.05) is 6.54 Å². The molecule has 0 aromatic carbocycles. The summed E-state index contributed by atoms with van der Waals surface area (Å²) in [4.78, 5) is 24.4. The molecule has 0 saturated carbocycles. The fourth-order valence-corrected chi connectivity index (χ4v) is 1.69. The Labute approximate surface area is 101 Å². The number of piperidine rings is 1. The van der Waals surface area contributed by atoms with Gasteiger partial charge in [0.1, 0.15) is 0 Å². The van der Waals surface area contributed by atoms with Gasteiger partial charge in [-0.2, -0.15) is 10.2 Å². The highest BCUT2D eigenvalue weighted by Crippen LogP contribution is 2.13. The van der Waals surface area contributed by atoms with Crippen molar-refractivity contribution in [1.82, 2.24) is 4.90 Å². The van der Waals surface area contributed by atoms with E-state index in [0.717, 1.165) is 5.57 Å². The molecule has 92 valence electrons. The van der Waals surface area contributed by atoms with E-state index in [1.54, 1.807) is 6.21 Å². The first-order valence-electron chi connectivity index (χ1n) is 5.66. The first-order valence-corrected chi connectivity index (χ1v) is 5.66. The Morgan fingerprint density at radius 1 is 1.41 bits per heavy atom. The Bertz CT molecular complexity index is 356. The molecule has 0 aromatic heterocycles. The lowest BCUT2D eigenvalue weighted by atomic mass is 10.1. The average molecular weight is 235 g/mol. The monoisotopic (exact) mass is 235 g/mol. The van der Waals surface area contributed by atoms with E-state index in [1.807, 2.05) is 13.0 Å². The van der Waals surface area contributed by atoms with Crippen molar-refractivity contribution in [1.29, 1.82) is 0 Å². The molecule has 0 unspecified atom stereocenters. The van der Waals surface area contributed by atoms with Gasteiger partial charge in [0.05, 0.1) is 6.21 Å². The summed E-state index contributed by atoms with van der Waals surface area (Å²) in [5.41, 5.74) is 0.934. The molecular weight excluding hydrogens is 218 g/mol. The number of nitrogens with zero attached hydrogens (tertiary/aromatic N) is 3. The number of imide groups is 1. The third-order valence-corrected chi connectivity index (χ3v) is 2.68. The Morgan fingerprint density at radius 3 is 2.59 bits per heavy atom. The molecule has 5 nitrogen and oxygen atoms in total. The van der Waals surface area contributed by atoms with E-state index in [1.165, 1.54) is 4.90 Å². The third kappa shape index (κ3) is 3.94. The zero-order valence-corrected chi connectivity index (χ0v) is 10.1. The highest BCUT2D eigenvalue weighted by Gasteiger charge is 2.25. The first kappa shape index (κ1) is 13.3. The largest absolute Gasteiger partial charge is 0.282 e. The van der Waals surface area contributed by atoms with Crippen LogP contribution >= 0.6 is 0 Å². The molecule has 1 aliphatic rings. The summed E-state index contributed by atoms with van der Waals surface area (Å²) < 4.78 is 0. The topological polar surface area (TPSA) is 62.1 Å². The van der Waals surface area contributed by atoms with E-state index in [0.29, 0.717) is 32.2 Å². The summed E-state index contributed by atoms with van der Waals surface area (Å²) in [6.45, 7) is 5.54. The number of carbonyl (C=O) groups is 2. The number of allylic oxidation sites excluding steroid dienone is 1. The minimum absolute atomic E-state index is 0.0736. The molecule has 5 heteroatoms. The second-order valence-electron chi connectivity index (χ2n) is 3.79. The van der Waals surface area contributed by atoms with Crippen LogP contribution in [0.5, 0.6) is 0 Å². The summed E-state index contributed by atoms with van der Waals surface area (Å²) in [6, 6.07) is 0. The first-order chi connectivity index (χ1) is 8.19. The molecule has 1 aliphatic heterocycles. The molecule has 0 atom stereocenters. The van der Waals surface area contributed by atoms with Crippen molar-refractivity contribution in [3.05, 3.63) is 11.6 Å². The summed E-state index contributed by atoms with van der Waals surface area (Å²) in [6.07, 6.45) is 5.69. The van der Waals surface area contributed by atoms with Gasteiger partial charge in [0.2, 0.25) is 11.8 Å². The van der Waals surface area contributed by atoms with E-state index < -0.39 is 0 Å². The van der Waals surface area contributed by atoms with Gasteiger partial charge in [0.15, 0.2) is 0 Å². The number of hydrogen-bond donors (Lipinski definition) is 0. The molecule has 0 N–H and O–H groups in total. The van der Waals surface area contributed by atoms with Gasteiger partial charge in [-0.25, -0.2) is 0 Å². The maximum absolute atomic E-state index is 11.5. The van der Waals surface area contributed by atoms with Crippen LogP contribution in [0.2, 0.25) is 0 Å². The van der Waals surface area contributed by atoms with Gasteiger partial charge in [0, 0.05) is 26.1 Å². The van der Waals surface area contributed by atoms with Crippen molar-refractivity contribution >= 4 is 24.7 Å². The predicted molar refractivity (Wildman–Crippen MR) is 67.0 cm³/mol. The predicted octanol–water partition coefficient (Wildman–Crippen LogP) is 1.55. The molecule has 17 heavy (non-hydrogen) atoms. The Morgan fingerprint density at radius 2 is 2.06 bits per heavy atom. The van der Waals surface area contributed by atoms with Crippen LogP contribution in [0.25, 0.3) is 0 Å². The van der Waals surface area contributed by atoms with E-state index in [2.05, 4.69) is 16.9 Å². The van der Waals surface area contributed by atoms with E-state index >= 15 is 0 Å². The lowest BCUT2D eigenvalue weighted by molar-refractivity contribution is -0.147. The minimum Gasteiger partial charge on any atom is -0.282 e. The minimum atomic E-state index is -0.0736. The van der Waals surface area contributed by atoms with Gasteiger partial charge < -0.3 is 0 Å². The summed E-state index contributed by atoms with van der Waals surface area (Å²) in [7, 11) is 0. The molecule has 1 rings (SSSR count). The van der Waals surface area contributed by atoms with Crippen LogP contribution in [0.4, 0.5) is 0 Å². The van der Waals surface area contributed by atoms with Gasteiger partial charge >= 0.3 is 0 Å². The zero-order chi connectivity index (χ0) is 12.7. The van der Waals surface area contributed by atoms with Gasteiger partial charge in [-0.15, -0.1) is 0 Å². The van der Waals surface area contributed by atoms with Crippen LogP contribution in [0, 0.1) is 0 Å². The number of amides is 2. The van der Waals surface area contributed by atoms with Crippen LogP contribution in [-0.2, 0) is 9.59 Å². The van der Waals surface area contributed by atoms with Gasteiger partial charge in [0.25, 0.3) is 0 Å². The number of rotatable bonds is 5. The average Bonchev–Trinajstić information content (AvgIpc) is 2.32. The number of carbonyl (C=O) groups excluding carboxylic acids is 2. The molecule has 0 radical (unpaired) electrons. The number of hydrogen-bond acceptors (Lipinski definition) is 4. The van der Waals surface area contributed by atoms with Crippen molar-refractivity contribution in [2.24, 2.45) is 10.2 Å². The summed E-state index contributed by atoms with van der Waals surface area (Å²) in [5, 5.41) is 7.06. The lowest BCUT2D eigenvalue weighted by Crippen LogP contribution is -2.40. The fraction of sp³-hybridized carbons (Fsp3) is 0.500. The normalized spacial score (nSPS) is 17.9.